The molecule has 0 aliphatic rings. The van der Waals surface area contributed by atoms with Crippen molar-refractivity contribution in [1.29, 1.82) is 5.41 Å². The van der Waals surface area contributed by atoms with E-state index in [0.717, 1.165) is 0 Å². The zero-order chi connectivity index (χ0) is 18.0. The van der Waals surface area contributed by atoms with Gasteiger partial charge in [0.1, 0.15) is 17.5 Å². The molecule has 0 aliphatic carbocycles. The minimum absolute atomic E-state index is 0.0894. The highest BCUT2D eigenvalue weighted by molar-refractivity contribution is 6.04. The minimum atomic E-state index is -0.824. The van der Waals surface area contributed by atoms with Crippen molar-refractivity contribution in [2.75, 3.05) is 0 Å². The lowest BCUT2D eigenvalue weighted by atomic mass is 10.2. The van der Waals surface area contributed by atoms with Crippen molar-refractivity contribution < 1.29 is 14.3 Å². The van der Waals surface area contributed by atoms with Gasteiger partial charge in [-0.25, -0.2) is 4.79 Å². The normalized spacial score (nSPS) is 14.3. The molecule has 0 heterocycles. The van der Waals surface area contributed by atoms with E-state index in [1.807, 2.05) is 6.92 Å². The number of aliphatic imine (C=N–C) groups is 1. The molecule has 0 rings (SSSR count). The van der Waals surface area contributed by atoms with E-state index in [0.29, 0.717) is 0 Å². The Bertz CT molecular complexity index is 504. The summed E-state index contributed by atoms with van der Waals surface area (Å²) in [4.78, 5) is 27.5. The Kier molecular flexibility index (Phi) is 8.54. The average Bonchev–Trinajstić information content (AvgIpc) is 2.40. The van der Waals surface area contributed by atoms with Crippen molar-refractivity contribution in [3.05, 3.63) is 24.8 Å². The van der Waals surface area contributed by atoms with E-state index >= 15 is 0 Å². The van der Waals surface area contributed by atoms with Crippen LogP contribution in [0.25, 0.3) is 0 Å². The maximum Gasteiger partial charge on any atom is 0.408 e. The van der Waals surface area contributed by atoms with E-state index in [9.17, 15) is 9.59 Å². The Labute approximate surface area is 137 Å². The third-order valence-electron chi connectivity index (χ3n) is 2.35. The van der Waals surface area contributed by atoms with Gasteiger partial charge in [-0.3, -0.25) is 15.2 Å². The predicted octanol–water partition coefficient (Wildman–Crippen LogP) is 2.19. The lowest BCUT2D eigenvalue weighted by Crippen LogP contribution is -2.47. The fourth-order valence-electron chi connectivity index (χ4n) is 1.31. The van der Waals surface area contributed by atoms with Crippen LogP contribution in [-0.2, 0) is 9.53 Å². The topological polar surface area (TPSA) is 104 Å². The number of carbonyl (C=O) groups is 2. The van der Waals surface area contributed by atoms with Gasteiger partial charge in [0, 0.05) is 6.21 Å². The summed E-state index contributed by atoms with van der Waals surface area (Å²) in [5.41, 5.74) is -0.641. The molecule has 2 atom stereocenters. The quantitative estimate of drug-likeness (QED) is 0.516. The number of amides is 2. The van der Waals surface area contributed by atoms with Gasteiger partial charge in [0.25, 0.3) is 0 Å². The van der Waals surface area contributed by atoms with Gasteiger partial charge < -0.3 is 15.4 Å². The highest BCUT2D eigenvalue weighted by atomic mass is 16.6. The molecule has 128 valence electrons. The summed E-state index contributed by atoms with van der Waals surface area (Å²) < 4.78 is 5.06. The van der Waals surface area contributed by atoms with Crippen molar-refractivity contribution in [3.63, 3.8) is 0 Å². The van der Waals surface area contributed by atoms with Gasteiger partial charge in [0.05, 0.1) is 6.04 Å². The number of nitrogens with zero attached hydrogens (tertiary/aromatic N) is 1. The summed E-state index contributed by atoms with van der Waals surface area (Å²) in [6.45, 7) is 12.0. The summed E-state index contributed by atoms with van der Waals surface area (Å²) >= 11 is 0. The molecule has 2 amide bonds. The molecular formula is C16H26N4O3. The summed E-state index contributed by atoms with van der Waals surface area (Å²) in [6, 6.07) is -0.961. The van der Waals surface area contributed by atoms with Crippen LogP contribution in [0.5, 0.6) is 0 Å². The van der Waals surface area contributed by atoms with Gasteiger partial charge >= 0.3 is 6.09 Å². The summed E-state index contributed by atoms with van der Waals surface area (Å²) in [7, 11) is 0. The first-order valence-corrected chi connectivity index (χ1v) is 7.26. The smallest absolute Gasteiger partial charge is 0.408 e. The molecule has 0 aromatic heterocycles. The first-order chi connectivity index (χ1) is 10.5. The monoisotopic (exact) mass is 322 g/mol. The largest absolute Gasteiger partial charge is 0.444 e. The van der Waals surface area contributed by atoms with Crippen LogP contribution in [0, 0.1) is 5.41 Å². The standard InChI is InChI=1S/C16H26N4O3/c1-7-10-18-11(2)8-9-13(17)20-14(21)12(3)19-15(22)23-16(4,5)6/h7-12H,1H2,2-6H3,(H,19,22)(H2,17,20,21)/b9-8-,18-10-. The van der Waals surface area contributed by atoms with Crippen LogP contribution < -0.4 is 10.6 Å². The molecule has 0 saturated carbocycles. The maximum absolute atomic E-state index is 11.9. The van der Waals surface area contributed by atoms with Crippen LogP contribution in [0.3, 0.4) is 0 Å². The second-order valence-electron chi connectivity index (χ2n) is 5.90. The molecule has 0 aliphatic heterocycles. The molecule has 0 bridgehead atoms. The Hall–Kier alpha value is -2.44. The molecule has 23 heavy (non-hydrogen) atoms. The molecule has 0 aromatic rings. The zero-order valence-electron chi connectivity index (χ0n) is 14.3. The van der Waals surface area contributed by atoms with Crippen LogP contribution >= 0.6 is 0 Å². The molecule has 0 aromatic carbocycles. The molecule has 7 heteroatoms. The van der Waals surface area contributed by atoms with E-state index in [1.165, 1.54) is 13.0 Å². The Morgan fingerprint density at radius 3 is 2.43 bits per heavy atom. The van der Waals surface area contributed by atoms with E-state index < -0.39 is 23.6 Å². The summed E-state index contributed by atoms with van der Waals surface area (Å²) in [6.07, 6.45) is 5.53. The van der Waals surface area contributed by atoms with Crippen molar-refractivity contribution in [3.8, 4) is 0 Å². The Balaban J connectivity index is 4.38. The molecule has 0 radical (unpaired) electrons. The van der Waals surface area contributed by atoms with Gasteiger partial charge in [0.15, 0.2) is 0 Å². The molecule has 0 fully saturated rings. The van der Waals surface area contributed by atoms with E-state index in [2.05, 4.69) is 22.2 Å². The number of carbonyl (C=O) groups excluding carboxylic acids is 2. The van der Waals surface area contributed by atoms with Gasteiger partial charge in [-0.15, -0.1) is 0 Å². The summed E-state index contributed by atoms with van der Waals surface area (Å²) in [5, 5.41) is 12.5. The SMILES string of the molecule is C=C/C=N\C(C)/C=C\C(=N)NC(=O)C(C)NC(=O)OC(C)(C)C. The van der Waals surface area contributed by atoms with E-state index in [1.54, 1.807) is 39.1 Å². The van der Waals surface area contributed by atoms with Crippen LogP contribution in [-0.4, -0.2) is 41.7 Å². The summed E-state index contributed by atoms with van der Waals surface area (Å²) in [5.74, 6) is -0.596. The van der Waals surface area contributed by atoms with Gasteiger partial charge in [-0.05, 0) is 40.7 Å². The predicted molar refractivity (Wildman–Crippen MR) is 92.0 cm³/mol. The Morgan fingerprint density at radius 2 is 1.91 bits per heavy atom. The number of hydrogen-bond acceptors (Lipinski definition) is 5. The molecule has 2 unspecified atom stereocenters. The molecule has 0 spiro atoms. The zero-order valence-corrected chi connectivity index (χ0v) is 14.3. The van der Waals surface area contributed by atoms with Crippen molar-refractivity contribution in [2.45, 2.75) is 52.3 Å². The maximum atomic E-state index is 11.9. The minimum Gasteiger partial charge on any atom is -0.444 e. The molecule has 0 saturated heterocycles. The van der Waals surface area contributed by atoms with Crippen LogP contribution in [0.2, 0.25) is 0 Å². The van der Waals surface area contributed by atoms with Gasteiger partial charge in [-0.1, -0.05) is 18.7 Å². The average molecular weight is 322 g/mol. The van der Waals surface area contributed by atoms with Gasteiger partial charge in [-0.2, -0.15) is 0 Å². The van der Waals surface area contributed by atoms with Crippen molar-refractivity contribution in [1.82, 2.24) is 10.6 Å². The lowest BCUT2D eigenvalue weighted by Gasteiger charge is -2.21. The number of hydrogen-bond donors (Lipinski definition) is 3. The number of rotatable bonds is 6. The Morgan fingerprint density at radius 1 is 1.30 bits per heavy atom. The fraction of sp³-hybridized carbons (Fsp3) is 0.500. The third-order valence-corrected chi connectivity index (χ3v) is 2.35. The van der Waals surface area contributed by atoms with Gasteiger partial charge in [0.2, 0.25) is 5.91 Å². The van der Waals surface area contributed by atoms with Crippen LogP contribution in [0.15, 0.2) is 29.8 Å². The second kappa shape index (κ2) is 9.55. The lowest BCUT2D eigenvalue weighted by molar-refractivity contribution is -0.121. The number of allylic oxidation sites excluding steroid dienone is 1. The van der Waals surface area contributed by atoms with Crippen molar-refractivity contribution in [2.24, 2.45) is 4.99 Å². The highest BCUT2D eigenvalue weighted by Gasteiger charge is 2.21. The van der Waals surface area contributed by atoms with Crippen LogP contribution in [0.1, 0.15) is 34.6 Å². The second-order valence-corrected chi connectivity index (χ2v) is 5.90. The van der Waals surface area contributed by atoms with E-state index in [-0.39, 0.29) is 11.9 Å². The molecule has 3 N–H and O–H groups in total. The van der Waals surface area contributed by atoms with Crippen molar-refractivity contribution >= 4 is 24.1 Å². The molecular weight excluding hydrogens is 296 g/mol. The fourth-order valence-corrected chi connectivity index (χ4v) is 1.31. The highest BCUT2D eigenvalue weighted by Crippen LogP contribution is 2.06. The number of amidine groups is 1. The first kappa shape index (κ1) is 20.6. The number of ether oxygens (including phenoxy) is 1. The molecule has 7 nitrogen and oxygen atoms in total. The number of nitrogens with one attached hydrogen (secondary N) is 3. The number of alkyl carbamates (subject to hydrolysis) is 1. The third kappa shape index (κ3) is 10.9. The van der Waals surface area contributed by atoms with Crippen LogP contribution in [0.4, 0.5) is 4.79 Å². The van der Waals surface area contributed by atoms with E-state index in [4.69, 9.17) is 10.1 Å². The first-order valence-electron chi connectivity index (χ1n) is 7.26.